The first-order valence-electron chi connectivity index (χ1n) is 5.29. The van der Waals surface area contributed by atoms with Gasteiger partial charge in [-0.1, -0.05) is 6.92 Å². The zero-order valence-electron chi connectivity index (χ0n) is 9.19. The van der Waals surface area contributed by atoms with Crippen LogP contribution in [0, 0.1) is 5.92 Å². The fourth-order valence-electron chi connectivity index (χ4n) is 1.37. The summed E-state index contributed by atoms with van der Waals surface area (Å²) in [7, 11) is 1.70. The third-order valence-electron chi connectivity index (χ3n) is 2.58. The summed E-state index contributed by atoms with van der Waals surface area (Å²) in [6.07, 6.45) is 2.75. The van der Waals surface area contributed by atoms with Crippen LogP contribution in [0.15, 0.2) is 0 Å². The van der Waals surface area contributed by atoms with E-state index in [-0.39, 0.29) is 6.03 Å². The third-order valence-corrected chi connectivity index (χ3v) is 2.58. The highest BCUT2D eigenvalue weighted by molar-refractivity contribution is 5.82. The molecule has 1 unspecified atom stereocenters. The van der Waals surface area contributed by atoms with E-state index >= 15 is 0 Å². The van der Waals surface area contributed by atoms with E-state index < -0.39 is 12.0 Å². The number of nitrogens with zero attached hydrogens (tertiary/aromatic N) is 1. The Kier molecular flexibility index (Phi) is 3.94. The molecular weight excluding hydrogens is 196 g/mol. The minimum absolute atomic E-state index is 0.295. The number of urea groups is 1. The molecule has 0 aromatic rings. The SMILES string of the molecule is CCC(NC(=O)N(C)CC1CC1)C(=O)O. The van der Waals surface area contributed by atoms with Crippen LogP contribution in [0.2, 0.25) is 0 Å². The Labute approximate surface area is 89.4 Å². The van der Waals surface area contributed by atoms with Gasteiger partial charge in [-0.05, 0) is 25.2 Å². The van der Waals surface area contributed by atoms with Crippen LogP contribution in [0.4, 0.5) is 4.79 Å². The van der Waals surface area contributed by atoms with Gasteiger partial charge in [-0.25, -0.2) is 9.59 Å². The molecule has 5 nitrogen and oxygen atoms in total. The lowest BCUT2D eigenvalue weighted by atomic mass is 10.2. The van der Waals surface area contributed by atoms with Crippen LogP contribution >= 0.6 is 0 Å². The largest absolute Gasteiger partial charge is 0.480 e. The van der Waals surface area contributed by atoms with Gasteiger partial charge in [0.1, 0.15) is 6.04 Å². The second-order valence-corrected chi connectivity index (χ2v) is 4.07. The minimum Gasteiger partial charge on any atom is -0.480 e. The number of rotatable bonds is 5. The summed E-state index contributed by atoms with van der Waals surface area (Å²) in [5, 5.41) is 11.3. The van der Waals surface area contributed by atoms with E-state index in [1.54, 1.807) is 18.9 Å². The third kappa shape index (κ3) is 3.77. The first-order chi connectivity index (χ1) is 7.04. The van der Waals surface area contributed by atoms with Crippen LogP contribution in [-0.2, 0) is 4.79 Å². The van der Waals surface area contributed by atoms with Gasteiger partial charge in [0.15, 0.2) is 0 Å². The number of aliphatic carboxylic acids is 1. The molecule has 1 saturated carbocycles. The van der Waals surface area contributed by atoms with Crippen molar-refractivity contribution in [2.45, 2.75) is 32.2 Å². The van der Waals surface area contributed by atoms with Gasteiger partial charge in [0.2, 0.25) is 0 Å². The number of carboxylic acids is 1. The minimum atomic E-state index is -0.981. The van der Waals surface area contributed by atoms with Crippen molar-refractivity contribution in [1.29, 1.82) is 0 Å². The number of carboxylic acid groups (broad SMARTS) is 1. The van der Waals surface area contributed by atoms with E-state index in [1.165, 1.54) is 12.8 Å². The van der Waals surface area contributed by atoms with Gasteiger partial charge < -0.3 is 15.3 Å². The van der Waals surface area contributed by atoms with E-state index in [0.717, 1.165) is 6.54 Å². The Morgan fingerprint density at radius 1 is 1.53 bits per heavy atom. The quantitative estimate of drug-likeness (QED) is 0.714. The molecular formula is C10H18N2O3. The lowest BCUT2D eigenvalue weighted by molar-refractivity contribution is -0.139. The highest BCUT2D eigenvalue weighted by Gasteiger charge is 2.26. The average molecular weight is 214 g/mol. The molecule has 86 valence electrons. The second-order valence-electron chi connectivity index (χ2n) is 4.07. The topological polar surface area (TPSA) is 69.6 Å². The summed E-state index contributed by atoms with van der Waals surface area (Å²) < 4.78 is 0. The van der Waals surface area contributed by atoms with Gasteiger partial charge in [0.25, 0.3) is 0 Å². The van der Waals surface area contributed by atoms with E-state index in [9.17, 15) is 9.59 Å². The molecule has 0 saturated heterocycles. The van der Waals surface area contributed by atoms with E-state index in [1.807, 2.05) is 0 Å². The first-order valence-corrected chi connectivity index (χ1v) is 5.29. The van der Waals surface area contributed by atoms with Crippen molar-refractivity contribution in [2.24, 2.45) is 5.92 Å². The van der Waals surface area contributed by atoms with Crippen LogP contribution in [-0.4, -0.2) is 41.6 Å². The van der Waals surface area contributed by atoms with Gasteiger partial charge in [-0.15, -0.1) is 0 Å². The Balaban J connectivity index is 2.34. The fraction of sp³-hybridized carbons (Fsp3) is 0.800. The maximum Gasteiger partial charge on any atom is 0.326 e. The van der Waals surface area contributed by atoms with E-state index in [2.05, 4.69) is 5.32 Å². The maximum absolute atomic E-state index is 11.5. The molecule has 0 aromatic heterocycles. The molecule has 0 heterocycles. The highest BCUT2D eigenvalue weighted by Crippen LogP contribution is 2.29. The van der Waals surface area contributed by atoms with Crippen LogP contribution in [0.5, 0.6) is 0 Å². The summed E-state index contributed by atoms with van der Waals surface area (Å²) in [4.78, 5) is 23.8. The molecule has 1 fully saturated rings. The van der Waals surface area contributed by atoms with Crippen molar-refractivity contribution in [3.8, 4) is 0 Å². The standard InChI is InChI=1S/C10H18N2O3/c1-3-8(9(13)14)11-10(15)12(2)6-7-4-5-7/h7-8H,3-6H2,1-2H3,(H,11,15)(H,13,14). The Bertz CT molecular complexity index is 251. The van der Waals surface area contributed by atoms with Crippen molar-refractivity contribution in [3.05, 3.63) is 0 Å². The molecule has 0 aromatic carbocycles. The predicted octanol–water partition coefficient (Wildman–Crippen LogP) is 0.901. The zero-order valence-corrected chi connectivity index (χ0v) is 9.19. The highest BCUT2D eigenvalue weighted by atomic mass is 16.4. The predicted molar refractivity (Wildman–Crippen MR) is 55.6 cm³/mol. The Morgan fingerprint density at radius 3 is 2.53 bits per heavy atom. The average Bonchev–Trinajstić information content (AvgIpc) is 2.96. The molecule has 1 aliphatic rings. The van der Waals surface area contributed by atoms with E-state index in [0.29, 0.717) is 12.3 Å². The maximum atomic E-state index is 11.5. The van der Waals surface area contributed by atoms with E-state index in [4.69, 9.17) is 5.11 Å². The van der Waals surface area contributed by atoms with Gasteiger partial charge >= 0.3 is 12.0 Å². The lowest BCUT2D eigenvalue weighted by Gasteiger charge is -2.20. The first kappa shape index (κ1) is 11.8. The normalized spacial score (nSPS) is 16.9. The van der Waals surface area contributed by atoms with Crippen molar-refractivity contribution >= 4 is 12.0 Å². The molecule has 1 atom stereocenters. The second kappa shape index (κ2) is 5.00. The molecule has 2 amide bonds. The van der Waals surface area contributed by atoms with Crippen LogP contribution < -0.4 is 5.32 Å². The number of hydrogen-bond acceptors (Lipinski definition) is 2. The molecule has 1 aliphatic carbocycles. The van der Waals surface area contributed by atoms with Crippen molar-refractivity contribution in [1.82, 2.24) is 10.2 Å². The molecule has 0 bridgehead atoms. The van der Waals surface area contributed by atoms with Gasteiger partial charge in [-0.3, -0.25) is 0 Å². The lowest BCUT2D eigenvalue weighted by Crippen LogP contribution is -2.46. The summed E-state index contributed by atoms with van der Waals surface area (Å²) in [6, 6.07) is -1.07. The zero-order chi connectivity index (χ0) is 11.4. The van der Waals surface area contributed by atoms with Crippen molar-refractivity contribution < 1.29 is 14.7 Å². The summed E-state index contributed by atoms with van der Waals surface area (Å²) in [5.74, 6) is -0.365. The number of hydrogen-bond donors (Lipinski definition) is 2. The summed E-state index contributed by atoms with van der Waals surface area (Å²) in [6.45, 7) is 2.46. The fourth-order valence-corrected chi connectivity index (χ4v) is 1.37. The number of carbonyl (C=O) groups excluding carboxylic acids is 1. The van der Waals surface area contributed by atoms with Gasteiger partial charge in [0, 0.05) is 13.6 Å². The molecule has 0 spiro atoms. The smallest absolute Gasteiger partial charge is 0.326 e. The molecule has 0 radical (unpaired) electrons. The molecule has 5 heteroatoms. The van der Waals surface area contributed by atoms with Gasteiger partial charge in [-0.2, -0.15) is 0 Å². The molecule has 15 heavy (non-hydrogen) atoms. The van der Waals surface area contributed by atoms with Crippen molar-refractivity contribution in [3.63, 3.8) is 0 Å². The summed E-state index contributed by atoms with van der Waals surface area (Å²) >= 11 is 0. The monoisotopic (exact) mass is 214 g/mol. The molecule has 1 rings (SSSR count). The number of nitrogens with one attached hydrogen (secondary N) is 1. The van der Waals surface area contributed by atoms with Crippen LogP contribution in [0.1, 0.15) is 26.2 Å². The summed E-state index contributed by atoms with van der Waals surface area (Å²) in [5.41, 5.74) is 0. The number of carbonyl (C=O) groups is 2. The molecule has 2 N–H and O–H groups in total. The number of amides is 2. The van der Waals surface area contributed by atoms with Crippen LogP contribution in [0.3, 0.4) is 0 Å². The van der Waals surface area contributed by atoms with Gasteiger partial charge in [0.05, 0.1) is 0 Å². The van der Waals surface area contributed by atoms with Crippen LogP contribution in [0.25, 0.3) is 0 Å². The van der Waals surface area contributed by atoms with Crippen molar-refractivity contribution in [2.75, 3.05) is 13.6 Å². The Morgan fingerprint density at radius 2 is 2.13 bits per heavy atom. The molecule has 0 aliphatic heterocycles. The Hall–Kier alpha value is -1.26.